The van der Waals surface area contributed by atoms with Crippen LogP contribution in [0, 0.1) is 23.7 Å². The zero-order chi connectivity index (χ0) is 10.7. The van der Waals surface area contributed by atoms with Crippen LogP contribution in [0.2, 0.25) is 0 Å². The summed E-state index contributed by atoms with van der Waals surface area (Å²) in [7, 11) is 0. The molecule has 14 heavy (non-hydrogen) atoms. The average Bonchev–Trinajstić information content (AvgIpc) is 2.30. The first-order valence-electron chi connectivity index (χ1n) is 6.35. The molecule has 0 heterocycles. The number of hydrogen-bond donors (Lipinski definition) is 1. The quantitative estimate of drug-likeness (QED) is 0.674. The normalized spacial score (nSPS) is 44.8. The van der Waals surface area contributed by atoms with Gasteiger partial charge in [-0.2, -0.15) is 0 Å². The zero-order valence-corrected chi connectivity index (χ0v) is 10.3. The predicted molar refractivity (Wildman–Crippen MR) is 63.1 cm³/mol. The fraction of sp³-hybridized carbons (Fsp3) is 1.00. The van der Waals surface area contributed by atoms with Crippen molar-refractivity contribution in [1.29, 1.82) is 0 Å². The number of nitrogens with two attached hydrogens (primary N) is 1. The zero-order valence-electron chi connectivity index (χ0n) is 10.3. The highest BCUT2D eigenvalue weighted by atomic mass is 14.7. The first-order chi connectivity index (χ1) is 6.60. The molecule has 0 aromatic heterocycles. The average molecular weight is 197 g/mol. The Morgan fingerprint density at radius 2 is 1.64 bits per heavy atom. The van der Waals surface area contributed by atoms with Crippen molar-refractivity contribution in [3.05, 3.63) is 0 Å². The maximum atomic E-state index is 6.25. The van der Waals surface area contributed by atoms with Crippen molar-refractivity contribution in [3.63, 3.8) is 0 Å². The molecule has 1 aliphatic carbocycles. The smallest absolute Gasteiger partial charge is 0.00698 e. The molecule has 0 amide bonds. The van der Waals surface area contributed by atoms with Gasteiger partial charge in [-0.15, -0.1) is 0 Å². The second-order valence-electron chi connectivity index (χ2n) is 5.30. The van der Waals surface area contributed by atoms with Crippen LogP contribution >= 0.6 is 0 Å². The van der Waals surface area contributed by atoms with Gasteiger partial charge in [0.05, 0.1) is 0 Å². The van der Waals surface area contributed by atoms with Gasteiger partial charge in [-0.05, 0) is 36.5 Å². The Morgan fingerprint density at radius 3 is 2.14 bits per heavy atom. The fourth-order valence-electron chi connectivity index (χ4n) is 3.03. The van der Waals surface area contributed by atoms with Gasteiger partial charge in [0.15, 0.2) is 0 Å². The second-order valence-corrected chi connectivity index (χ2v) is 5.30. The summed E-state index contributed by atoms with van der Waals surface area (Å²) in [5.74, 6) is 3.30. The molecular weight excluding hydrogens is 170 g/mol. The Balaban J connectivity index is 2.71. The Labute approximate surface area is 89.5 Å². The van der Waals surface area contributed by atoms with E-state index in [-0.39, 0.29) is 0 Å². The maximum absolute atomic E-state index is 6.25. The van der Waals surface area contributed by atoms with Gasteiger partial charge >= 0.3 is 0 Å². The molecule has 0 radical (unpaired) electrons. The molecule has 0 spiro atoms. The lowest BCUT2D eigenvalue weighted by atomic mass is 9.80. The summed E-state index contributed by atoms with van der Waals surface area (Å²) in [5.41, 5.74) is 6.25. The molecule has 1 heteroatoms. The number of hydrogen-bond acceptors (Lipinski definition) is 1. The summed E-state index contributed by atoms with van der Waals surface area (Å²) in [5, 5.41) is 0. The lowest BCUT2D eigenvalue weighted by Crippen LogP contribution is -2.33. The van der Waals surface area contributed by atoms with Crippen LogP contribution in [0.1, 0.15) is 53.4 Å². The molecular formula is C13H27N. The Hall–Kier alpha value is -0.0400. The van der Waals surface area contributed by atoms with Crippen LogP contribution < -0.4 is 5.73 Å². The monoisotopic (exact) mass is 197 g/mol. The van der Waals surface area contributed by atoms with Crippen LogP contribution in [0.4, 0.5) is 0 Å². The minimum absolute atomic E-state index is 0.437. The van der Waals surface area contributed by atoms with Crippen LogP contribution in [0.15, 0.2) is 0 Å². The summed E-state index contributed by atoms with van der Waals surface area (Å²) < 4.78 is 0. The molecule has 1 aliphatic rings. The van der Waals surface area contributed by atoms with E-state index in [1.54, 1.807) is 0 Å². The molecule has 0 aromatic carbocycles. The van der Waals surface area contributed by atoms with E-state index >= 15 is 0 Å². The van der Waals surface area contributed by atoms with Crippen molar-refractivity contribution < 1.29 is 0 Å². The third kappa shape index (κ3) is 2.50. The Kier molecular flexibility index (Phi) is 4.43. The van der Waals surface area contributed by atoms with Gasteiger partial charge in [0.2, 0.25) is 0 Å². The molecule has 84 valence electrons. The van der Waals surface area contributed by atoms with Gasteiger partial charge < -0.3 is 5.73 Å². The maximum Gasteiger partial charge on any atom is 0.00698 e. The van der Waals surface area contributed by atoms with E-state index in [1.165, 1.54) is 25.7 Å². The van der Waals surface area contributed by atoms with E-state index in [0.717, 1.165) is 17.8 Å². The fourth-order valence-corrected chi connectivity index (χ4v) is 3.03. The first-order valence-corrected chi connectivity index (χ1v) is 6.35. The minimum atomic E-state index is 0.437. The van der Waals surface area contributed by atoms with E-state index in [9.17, 15) is 0 Å². The van der Waals surface area contributed by atoms with Crippen molar-refractivity contribution in [3.8, 4) is 0 Å². The van der Waals surface area contributed by atoms with Gasteiger partial charge in [-0.25, -0.2) is 0 Å². The van der Waals surface area contributed by atoms with Crippen molar-refractivity contribution in [2.24, 2.45) is 29.4 Å². The van der Waals surface area contributed by atoms with Gasteiger partial charge in [-0.3, -0.25) is 0 Å². The SMILES string of the molecule is CCC1CC(N)C(C)C(C)C(CC)C1. The van der Waals surface area contributed by atoms with E-state index in [0.29, 0.717) is 12.0 Å². The molecule has 2 N–H and O–H groups in total. The summed E-state index contributed by atoms with van der Waals surface area (Å²) in [4.78, 5) is 0. The van der Waals surface area contributed by atoms with Crippen molar-refractivity contribution in [1.82, 2.24) is 0 Å². The summed E-state index contributed by atoms with van der Waals surface area (Å²) in [6, 6.07) is 0.437. The molecule has 0 bridgehead atoms. The molecule has 5 unspecified atom stereocenters. The Bertz CT molecular complexity index is 167. The van der Waals surface area contributed by atoms with Crippen molar-refractivity contribution >= 4 is 0 Å². The van der Waals surface area contributed by atoms with E-state index in [2.05, 4.69) is 27.7 Å². The van der Waals surface area contributed by atoms with E-state index in [4.69, 9.17) is 5.73 Å². The van der Waals surface area contributed by atoms with Crippen LogP contribution in [0.3, 0.4) is 0 Å². The summed E-state index contributed by atoms with van der Waals surface area (Å²) in [6.07, 6.45) is 5.29. The lowest BCUT2D eigenvalue weighted by molar-refractivity contribution is 0.237. The minimum Gasteiger partial charge on any atom is -0.327 e. The topological polar surface area (TPSA) is 26.0 Å². The first kappa shape index (κ1) is 12.0. The van der Waals surface area contributed by atoms with Gasteiger partial charge in [0.25, 0.3) is 0 Å². The second kappa shape index (κ2) is 5.16. The van der Waals surface area contributed by atoms with Crippen LogP contribution in [-0.4, -0.2) is 6.04 Å². The Morgan fingerprint density at radius 1 is 1.00 bits per heavy atom. The van der Waals surface area contributed by atoms with Gasteiger partial charge in [-0.1, -0.05) is 40.5 Å². The van der Waals surface area contributed by atoms with Gasteiger partial charge in [0.1, 0.15) is 0 Å². The van der Waals surface area contributed by atoms with Crippen LogP contribution in [0.5, 0.6) is 0 Å². The lowest BCUT2D eigenvalue weighted by Gasteiger charge is -2.27. The largest absolute Gasteiger partial charge is 0.327 e. The molecule has 1 rings (SSSR count). The molecule has 0 saturated heterocycles. The van der Waals surface area contributed by atoms with E-state index < -0.39 is 0 Å². The predicted octanol–water partition coefficient (Wildman–Crippen LogP) is 3.43. The highest BCUT2D eigenvalue weighted by molar-refractivity contribution is 4.85. The van der Waals surface area contributed by atoms with Crippen LogP contribution in [0.25, 0.3) is 0 Å². The van der Waals surface area contributed by atoms with E-state index in [1.807, 2.05) is 0 Å². The third-order valence-corrected chi connectivity index (χ3v) is 4.59. The number of rotatable bonds is 2. The van der Waals surface area contributed by atoms with Gasteiger partial charge in [0, 0.05) is 6.04 Å². The highest BCUT2D eigenvalue weighted by Gasteiger charge is 2.32. The standard InChI is InChI=1S/C13H27N/c1-5-11-7-12(6-2)9(3)10(4)13(14)8-11/h9-13H,5-8,14H2,1-4H3. The molecule has 1 nitrogen and oxygen atoms in total. The van der Waals surface area contributed by atoms with Crippen molar-refractivity contribution in [2.75, 3.05) is 0 Å². The highest BCUT2D eigenvalue weighted by Crippen LogP contribution is 2.37. The molecule has 0 aromatic rings. The van der Waals surface area contributed by atoms with Crippen LogP contribution in [-0.2, 0) is 0 Å². The molecule has 5 atom stereocenters. The summed E-state index contributed by atoms with van der Waals surface area (Å²) in [6.45, 7) is 9.38. The molecule has 1 saturated carbocycles. The van der Waals surface area contributed by atoms with Crippen molar-refractivity contribution in [2.45, 2.75) is 59.4 Å². The molecule has 1 fully saturated rings. The summed E-state index contributed by atoms with van der Waals surface area (Å²) >= 11 is 0. The third-order valence-electron chi connectivity index (χ3n) is 4.59. The molecule has 0 aliphatic heterocycles.